The molecule has 0 radical (unpaired) electrons. The van der Waals surface area contributed by atoms with Gasteiger partial charge in [-0.2, -0.15) is 0 Å². The smallest absolute Gasteiger partial charge is 0.202 e. The Balaban J connectivity index is 2.08. The first kappa shape index (κ1) is 9.56. The van der Waals surface area contributed by atoms with Crippen LogP contribution in [0.2, 0.25) is 0 Å². The quantitative estimate of drug-likeness (QED) is 0.782. The van der Waals surface area contributed by atoms with Crippen LogP contribution in [0.5, 0.6) is 0 Å². The number of hydrogen-bond donors (Lipinski definition) is 1. The van der Waals surface area contributed by atoms with Gasteiger partial charge in [-0.25, -0.2) is 4.98 Å². The molecular weight excluding hydrogens is 174 g/mol. The molecule has 1 aliphatic rings. The molecule has 0 saturated heterocycles. The normalized spacial score (nSPS) is 27.6. The lowest BCUT2D eigenvalue weighted by atomic mass is 9.87. The van der Waals surface area contributed by atoms with Crippen LogP contribution in [0.15, 0.2) is 12.4 Å². The first-order valence-corrected chi connectivity index (χ1v) is 5.52. The summed E-state index contributed by atoms with van der Waals surface area (Å²) in [4.78, 5) is 4.28. The van der Waals surface area contributed by atoms with E-state index in [-0.39, 0.29) is 0 Å². The lowest BCUT2D eigenvalue weighted by molar-refractivity contribution is 0.291. The Morgan fingerprint density at radius 1 is 1.36 bits per heavy atom. The van der Waals surface area contributed by atoms with E-state index in [9.17, 15) is 0 Å². The molecule has 2 rings (SSSR count). The number of rotatable bonds is 2. The summed E-state index contributed by atoms with van der Waals surface area (Å²) < 4.78 is 2.28. The molecule has 1 aromatic heterocycles. The molecule has 3 nitrogen and oxygen atoms in total. The first-order valence-electron chi connectivity index (χ1n) is 5.52. The van der Waals surface area contributed by atoms with Crippen molar-refractivity contribution in [2.24, 2.45) is 5.92 Å². The highest BCUT2D eigenvalue weighted by molar-refractivity contribution is 5.25. The predicted molar refractivity (Wildman–Crippen MR) is 58.4 cm³/mol. The van der Waals surface area contributed by atoms with Crippen molar-refractivity contribution in [3.05, 3.63) is 12.4 Å². The molecule has 0 bridgehead atoms. The molecule has 1 heterocycles. The van der Waals surface area contributed by atoms with Crippen molar-refractivity contribution in [3.8, 4) is 0 Å². The second-order valence-electron chi connectivity index (χ2n) is 4.32. The average Bonchev–Trinajstić information content (AvgIpc) is 2.67. The Labute approximate surface area is 85.5 Å². The highest BCUT2D eigenvalue weighted by Crippen LogP contribution is 2.33. The standard InChI is InChI=1S/C11H19N3/c1-9-3-5-10(6-4-9)14-8-7-13-11(14)12-2/h7-10H,3-6H2,1-2H3,(H,12,13). The fourth-order valence-electron chi connectivity index (χ4n) is 2.32. The minimum absolute atomic E-state index is 0.663. The Bertz CT molecular complexity index is 284. The van der Waals surface area contributed by atoms with E-state index in [2.05, 4.69) is 28.0 Å². The third-order valence-corrected chi connectivity index (χ3v) is 3.27. The topological polar surface area (TPSA) is 29.9 Å². The average molecular weight is 193 g/mol. The van der Waals surface area contributed by atoms with Crippen LogP contribution in [-0.4, -0.2) is 16.6 Å². The van der Waals surface area contributed by atoms with Gasteiger partial charge in [0.25, 0.3) is 0 Å². The van der Waals surface area contributed by atoms with Crippen LogP contribution in [0.25, 0.3) is 0 Å². The highest BCUT2D eigenvalue weighted by Gasteiger charge is 2.20. The predicted octanol–water partition coefficient (Wildman–Crippen LogP) is 2.68. The number of anilines is 1. The van der Waals surface area contributed by atoms with E-state index in [1.807, 2.05) is 13.2 Å². The van der Waals surface area contributed by atoms with Gasteiger partial charge in [0.1, 0.15) is 0 Å². The molecule has 1 aromatic rings. The largest absolute Gasteiger partial charge is 0.359 e. The number of nitrogens with zero attached hydrogens (tertiary/aromatic N) is 2. The summed E-state index contributed by atoms with van der Waals surface area (Å²) in [7, 11) is 1.93. The zero-order chi connectivity index (χ0) is 9.97. The Hall–Kier alpha value is -0.990. The summed E-state index contributed by atoms with van der Waals surface area (Å²) in [5.41, 5.74) is 0. The molecular formula is C11H19N3. The van der Waals surface area contributed by atoms with Crippen molar-refractivity contribution in [1.82, 2.24) is 9.55 Å². The van der Waals surface area contributed by atoms with E-state index in [0.29, 0.717) is 6.04 Å². The van der Waals surface area contributed by atoms with Crippen LogP contribution < -0.4 is 5.32 Å². The maximum absolute atomic E-state index is 4.28. The van der Waals surface area contributed by atoms with Gasteiger partial charge in [0.15, 0.2) is 0 Å². The molecule has 1 fully saturated rings. The summed E-state index contributed by atoms with van der Waals surface area (Å²) >= 11 is 0. The van der Waals surface area contributed by atoms with E-state index in [0.717, 1.165) is 11.9 Å². The molecule has 78 valence electrons. The molecule has 3 heteroatoms. The van der Waals surface area contributed by atoms with Gasteiger partial charge >= 0.3 is 0 Å². The Morgan fingerprint density at radius 2 is 2.07 bits per heavy atom. The minimum atomic E-state index is 0.663. The van der Waals surface area contributed by atoms with Gasteiger partial charge in [-0.1, -0.05) is 6.92 Å². The molecule has 0 unspecified atom stereocenters. The van der Waals surface area contributed by atoms with Crippen LogP contribution in [0, 0.1) is 5.92 Å². The molecule has 1 N–H and O–H groups in total. The molecule has 0 aliphatic heterocycles. The SMILES string of the molecule is CNc1nccn1C1CCC(C)CC1. The van der Waals surface area contributed by atoms with Crippen molar-refractivity contribution in [2.75, 3.05) is 12.4 Å². The Morgan fingerprint density at radius 3 is 2.71 bits per heavy atom. The van der Waals surface area contributed by atoms with Crippen molar-refractivity contribution in [1.29, 1.82) is 0 Å². The maximum atomic E-state index is 4.28. The zero-order valence-electron chi connectivity index (χ0n) is 9.03. The van der Waals surface area contributed by atoms with Crippen LogP contribution in [0.3, 0.4) is 0 Å². The molecule has 14 heavy (non-hydrogen) atoms. The van der Waals surface area contributed by atoms with E-state index in [4.69, 9.17) is 0 Å². The van der Waals surface area contributed by atoms with Gasteiger partial charge in [-0.15, -0.1) is 0 Å². The van der Waals surface area contributed by atoms with Crippen LogP contribution >= 0.6 is 0 Å². The molecule has 0 spiro atoms. The fraction of sp³-hybridized carbons (Fsp3) is 0.727. The van der Waals surface area contributed by atoms with Gasteiger partial charge in [0, 0.05) is 25.5 Å². The second-order valence-corrected chi connectivity index (χ2v) is 4.32. The second kappa shape index (κ2) is 4.03. The van der Waals surface area contributed by atoms with Crippen LogP contribution in [-0.2, 0) is 0 Å². The van der Waals surface area contributed by atoms with Crippen molar-refractivity contribution in [2.45, 2.75) is 38.6 Å². The first-order chi connectivity index (χ1) is 6.81. The molecule has 0 aromatic carbocycles. The Kier molecular flexibility index (Phi) is 2.75. The van der Waals surface area contributed by atoms with E-state index in [1.165, 1.54) is 25.7 Å². The summed E-state index contributed by atoms with van der Waals surface area (Å²) in [6.07, 6.45) is 9.27. The molecule has 0 amide bonds. The fourth-order valence-corrected chi connectivity index (χ4v) is 2.32. The van der Waals surface area contributed by atoms with Crippen LogP contribution in [0.1, 0.15) is 38.6 Å². The van der Waals surface area contributed by atoms with Crippen molar-refractivity contribution < 1.29 is 0 Å². The van der Waals surface area contributed by atoms with Gasteiger partial charge in [-0.3, -0.25) is 0 Å². The van der Waals surface area contributed by atoms with Crippen molar-refractivity contribution in [3.63, 3.8) is 0 Å². The molecule has 1 saturated carbocycles. The minimum Gasteiger partial charge on any atom is -0.359 e. The summed E-state index contributed by atoms with van der Waals surface area (Å²) in [6.45, 7) is 2.35. The van der Waals surface area contributed by atoms with Crippen LogP contribution in [0.4, 0.5) is 5.95 Å². The maximum Gasteiger partial charge on any atom is 0.202 e. The lowest BCUT2D eigenvalue weighted by Crippen LogP contribution is -2.17. The highest BCUT2D eigenvalue weighted by atomic mass is 15.2. The number of aromatic nitrogens is 2. The number of hydrogen-bond acceptors (Lipinski definition) is 2. The number of imidazole rings is 1. The van der Waals surface area contributed by atoms with E-state index < -0.39 is 0 Å². The summed E-state index contributed by atoms with van der Waals surface area (Å²) in [5.74, 6) is 1.91. The van der Waals surface area contributed by atoms with Crippen molar-refractivity contribution >= 4 is 5.95 Å². The van der Waals surface area contributed by atoms with Gasteiger partial charge in [-0.05, 0) is 31.6 Å². The van der Waals surface area contributed by atoms with Gasteiger partial charge in [0.05, 0.1) is 0 Å². The third-order valence-electron chi connectivity index (χ3n) is 3.27. The van der Waals surface area contributed by atoms with Gasteiger partial charge < -0.3 is 9.88 Å². The third kappa shape index (κ3) is 1.76. The molecule has 0 atom stereocenters. The molecule has 1 aliphatic carbocycles. The van der Waals surface area contributed by atoms with E-state index >= 15 is 0 Å². The summed E-state index contributed by atoms with van der Waals surface area (Å²) in [6, 6.07) is 0.663. The lowest BCUT2D eigenvalue weighted by Gasteiger charge is -2.28. The van der Waals surface area contributed by atoms with E-state index in [1.54, 1.807) is 0 Å². The monoisotopic (exact) mass is 193 g/mol. The zero-order valence-corrected chi connectivity index (χ0v) is 9.03. The summed E-state index contributed by atoms with van der Waals surface area (Å²) in [5, 5.41) is 3.14. The number of nitrogens with one attached hydrogen (secondary N) is 1. The van der Waals surface area contributed by atoms with Gasteiger partial charge in [0.2, 0.25) is 5.95 Å².